The van der Waals surface area contributed by atoms with Crippen LogP contribution in [0.2, 0.25) is 0 Å². The molecule has 0 saturated heterocycles. The summed E-state index contributed by atoms with van der Waals surface area (Å²) in [6.07, 6.45) is 2.41. The normalized spacial score (nSPS) is 15.0. The molecule has 1 aliphatic rings. The van der Waals surface area contributed by atoms with Crippen molar-refractivity contribution < 1.29 is 23.4 Å². The zero-order valence-electron chi connectivity index (χ0n) is 15.7. The maximum atomic E-state index is 12.9. The number of benzene rings is 1. The quantitative estimate of drug-likeness (QED) is 0.619. The summed E-state index contributed by atoms with van der Waals surface area (Å²) in [6.45, 7) is 5.15. The van der Waals surface area contributed by atoms with Gasteiger partial charge in [0.05, 0.1) is 13.7 Å². The number of aromatic nitrogens is 1. The number of carbonyl (C=O) groups excluding carboxylic acids is 1. The number of rotatable bonds is 6. The molecule has 0 bridgehead atoms. The first-order valence-electron chi connectivity index (χ1n) is 8.77. The number of methoxy groups -OCH3 is 1. The van der Waals surface area contributed by atoms with E-state index in [0.717, 1.165) is 23.1 Å². The van der Waals surface area contributed by atoms with Crippen molar-refractivity contribution in [2.45, 2.75) is 39.2 Å². The Bertz CT molecular complexity index is 821. The number of halogens is 1. The molecule has 7 heteroatoms. The van der Waals surface area contributed by atoms with Gasteiger partial charge < -0.3 is 19.5 Å². The van der Waals surface area contributed by atoms with E-state index in [9.17, 15) is 9.18 Å². The van der Waals surface area contributed by atoms with Gasteiger partial charge in [0.1, 0.15) is 5.82 Å². The highest BCUT2D eigenvalue weighted by molar-refractivity contribution is 5.91. The van der Waals surface area contributed by atoms with Gasteiger partial charge in [-0.15, -0.1) is 0 Å². The number of nitrogens with zero attached hydrogens (tertiary/aromatic N) is 1. The second kappa shape index (κ2) is 8.02. The number of hydrogen-bond acceptors (Lipinski definition) is 6. The molecule has 0 atom stereocenters. The maximum Gasteiger partial charge on any atom is 0.360 e. The summed E-state index contributed by atoms with van der Waals surface area (Å²) < 4.78 is 29.3. The van der Waals surface area contributed by atoms with Crippen molar-refractivity contribution in [3.63, 3.8) is 0 Å². The molecule has 144 valence electrons. The molecule has 0 amide bonds. The zero-order chi connectivity index (χ0) is 19.4. The molecule has 0 aliphatic carbocycles. The highest BCUT2D eigenvalue weighted by Gasteiger charge is 2.33. The molecular weight excluding hydrogens is 351 g/mol. The molecule has 1 aromatic carbocycles. The minimum Gasteiger partial charge on any atom is -0.464 e. The van der Waals surface area contributed by atoms with Gasteiger partial charge in [-0.3, -0.25) is 0 Å². The molecule has 2 heterocycles. The fraction of sp³-hybridized carbons (Fsp3) is 0.400. The maximum absolute atomic E-state index is 12.9. The SMILES string of the molecule is COC(=O)c1ncc(CNCCc2ccc(F)cc2)c2c1OC(C)(C)OC2. The van der Waals surface area contributed by atoms with Gasteiger partial charge in [-0.25, -0.2) is 14.2 Å². The molecule has 6 nitrogen and oxygen atoms in total. The summed E-state index contributed by atoms with van der Waals surface area (Å²) in [7, 11) is 1.31. The van der Waals surface area contributed by atoms with Crippen molar-refractivity contribution in [3.8, 4) is 5.75 Å². The minimum atomic E-state index is -0.841. The van der Waals surface area contributed by atoms with Crippen molar-refractivity contribution in [2.24, 2.45) is 0 Å². The highest BCUT2D eigenvalue weighted by atomic mass is 19.1. The summed E-state index contributed by atoms with van der Waals surface area (Å²) in [5.74, 6) is -1.21. The fourth-order valence-electron chi connectivity index (χ4n) is 2.86. The summed E-state index contributed by atoms with van der Waals surface area (Å²) in [4.78, 5) is 16.2. The Morgan fingerprint density at radius 2 is 2.07 bits per heavy atom. The van der Waals surface area contributed by atoms with E-state index in [2.05, 4.69) is 10.3 Å². The highest BCUT2D eigenvalue weighted by Crippen LogP contribution is 2.35. The van der Waals surface area contributed by atoms with Gasteiger partial charge in [0.15, 0.2) is 11.4 Å². The Hall–Kier alpha value is -2.51. The number of fused-ring (bicyclic) bond motifs is 1. The lowest BCUT2D eigenvalue weighted by Crippen LogP contribution is -2.37. The fourth-order valence-corrected chi connectivity index (χ4v) is 2.86. The number of ether oxygens (including phenoxy) is 3. The second-order valence-corrected chi connectivity index (χ2v) is 6.78. The van der Waals surface area contributed by atoms with Crippen LogP contribution in [0.3, 0.4) is 0 Å². The van der Waals surface area contributed by atoms with Crippen LogP contribution in [-0.2, 0) is 29.0 Å². The van der Waals surface area contributed by atoms with Crippen LogP contribution in [-0.4, -0.2) is 30.4 Å². The van der Waals surface area contributed by atoms with Crippen LogP contribution in [0.5, 0.6) is 5.75 Å². The van der Waals surface area contributed by atoms with Crippen molar-refractivity contribution in [3.05, 3.63) is 58.7 Å². The summed E-state index contributed by atoms with van der Waals surface area (Å²) >= 11 is 0. The first kappa shape index (κ1) is 19.3. The average molecular weight is 374 g/mol. The Morgan fingerprint density at radius 1 is 1.33 bits per heavy atom. The summed E-state index contributed by atoms with van der Waals surface area (Å²) in [5, 5.41) is 3.34. The van der Waals surface area contributed by atoms with E-state index in [4.69, 9.17) is 14.2 Å². The van der Waals surface area contributed by atoms with Crippen LogP contribution in [0.1, 0.15) is 41.0 Å². The van der Waals surface area contributed by atoms with Crippen LogP contribution in [0.15, 0.2) is 30.5 Å². The molecule has 0 saturated carbocycles. The molecule has 2 aromatic rings. The molecule has 0 spiro atoms. The van der Waals surface area contributed by atoms with Crippen LogP contribution in [0.4, 0.5) is 4.39 Å². The number of nitrogens with one attached hydrogen (secondary N) is 1. The summed E-state index contributed by atoms with van der Waals surface area (Å²) in [6, 6.07) is 6.46. The Labute approximate surface area is 157 Å². The minimum absolute atomic E-state index is 0.152. The van der Waals surface area contributed by atoms with E-state index in [-0.39, 0.29) is 11.5 Å². The number of esters is 1. The Kier molecular flexibility index (Phi) is 5.72. The number of hydrogen-bond donors (Lipinski definition) is 1. The van der Waals surface area contributed by atoms with E-state index in [0.29, 0.717) is 25.4 Å². The molecule has 0 unspecified atom stereocenters. The first-order valence-corrected chi connectivity index (χ1v) is 8.77. The predicted molar refractivity (Wildman–Crippen MR) is 96.9 cm³/mol. The third-order valence-electron chi connectivity index (χ3n) is 4.34. The lowest BCUT2D eigenvalue weighted by molar-refractivity contribution is -0.180. The average Bonchev–Trinajstić information content (AvgIpc) is 2.65. The first-order chi connectivity index (χ1) is 12.9. The third kappa shape index (κ3) is 4.61. The third-order valence-corrected chi connectivity index (χ3v) is 4.34. The number of pyridine rings is 1. The van der Waals surface area contributed by atoms with Crippen LogP contribution < -0.4 is 10.1 Å². The molecule has 3 rings (SSSR count). The molecule has 0 fully saturated rings. The Balaban J connectivity index is 1.70. The van der Waals surface area contributed by atoms with Gasteiger partial charge >= 0.3 is 5.97 Å². The largest absolute Gasteiger partial charge is 0.464 e. The molecule has 0 radical (unpaired) electrons. The lowest BCUT2D eigenvalue weighted by Gasteiger charge is -2.34. The van der Waals surface area contributed by atoms with E-state index in [1.54, 1.807) is 32.2 Å². The topological polar surface area (TPSA) is 69.7 Å². The number of carbonyl (C=O) groups is 1. The van der Waals surface area contributed by atoms with Crippen molar-refractivity contribution in [1.82, 2.24) is 10.3 Å². The molecule has 27 heavy (non-hydrogen) atoms. The van der Waals surface area contributed by atoms with Gasteiger partial charge in [-0.1, -0.05) is 12.1 Å². The Morgan fingerprint density at radius 3 is 2.78 bits per heavy atom. The van der Waals surface area contributed by atoms with Crippen molar-refractivity contribution >= 4 is 5.97 Å². The van der Waals surface area contributed by atoms with Gasteiger partial charge in [0, 0.05) is 32.2 Å². The van der Waals surface area contributed by atoms with Crippen molar-refractivity contribution in [2.75, 3.05) is 13.7 Å². The van der Waals surface area contributed by atoms with Gasteiger partial charge in [0.2, 0.25) is 5.79 Å². The standard InChI is InChI=1S/C20H23FN2O4/c1-20(2)26-12-16-14(11-23-17(18(16)27-20)19(24)25-3)10-22-9-8-13-4-6-15(21)7-5-13/h4-7,11,22H,8-10,12H2,1-3H3. The summed E-state index contributed by atoms with van der Waals surface area (Å²) in [5.41, 5.74) is 2.89. The smallest absolute Gasteiger partial charge is 0.360 e. The van der Waals surface area contributed by atoms with Crippen LogP contribution >= 0.6 is 0 Å². The van der Waals surface area contributed by atoms with E-state index >= 15 is 0 Å². The van der Waals surface area contributed by atoms with Gasteiger partial charge in [0.25, 0.3) is 0 Å². The van der Waals surface area contributed by atoms with Gasteiger partial charge in [-0.2, -0.15) is 0 Å². The van der Waals surface area contributed by atoms with Gasteiger partial charge in [-0.05, 0) is 36.2 Å². The lowest BCUT2D eigenvalue weighted by atomic mass is 10.1. The second-order valence-electron chi connectivity index (χ2n) is 6.78. The molecule has 1 N–H and O–H groups in total. The van der Waals surface area contributed by atoms with E-state index in [1.807, 2.05) is 0 Å². The molecule has 1 aromatic heterocycles. The zero-order valence-corrected chi connectivity index (χ0v) is 15.7. The van der Waals surface area contributed by atoms with E-state index in [1.165, 1.54) is 19.2 Å². The molecular formula is C20H23FN2O4. The predicted octanol–water partition coefficient (Wildman–Crippen LogP) is 2.98. The van der Waals surface area contributed by atoms with E-state index < -0.39 is 11.8 Å². The monoisotopic (exact) mass is 374 g/mol. The van der Waals surface area contributed by atoms with Crippen LogP contribution in [0, 0.1) is 5.82 Å². The van der Waals surface area contributed by atoms with Crippen LogP contribution in [0.25, 0.3) is 0 Å². The molecule has 1 aliphatic heterocycles. The van der Waals surface area contributed by atoms with Crippen molar-refractivity contribution in [1.29, 1.82) is 0 Å².